The number of hydrogen-bond acceptors (Lipinski definition) is 3. The Kier molecular flexibility index (Phi) is 2.04. The summed E-state index contributed by atoms with van der Waals surface area (Å²) in [5.74, 6) is 0.942. The van der Waals surface area contributed by atoms with E-state index in [4.69, 9.17) is 0 Å². The molecular weight excluding hydrogens is 166 g/mol. The number of aromatic amines is 1. The molecule has 4 heteroatoms. The van der Waals surface area contributed by atoms with Crippen LogP contribution in [-0.2, 0) is 6.42 Å². The molecule has 0 spiro atoms. The molecule has 0 aliphatic carbocycles. The fourth-order valence-corrected chi connectivity index (χ4v) is 1.71. The van der Waals surface area contributed by atoms with Crippen LogP contribution in [-0.4, -0.2) is 23.6 Å². The normalized spacial score (nSPS) is 16.5. The molecule has 0 fully saturated rings. The summed E-state index contributed by atoms with van der Waals surface area (Å²) in [6, 6.07) is 0. The maximum Gasteiger partial charge on any atom is 0.346 e. The Balaban J connectivity index is 2.49. The lowest BCUT2D eigenvalue weighted by Crippen LogP contribution is -2.23. The summed E-state index contributed by atoms with van der Waals surface area (Å²) in [7, 11) is 2.00. The summed E-state index contributed by atoms with van der Waals surface area (Å²) in [5, 5.41) is 0. The molecule has 1 aliphatic heterocycles. The van der Waals surface area contributed by atoms with Gasteiger partial charge in [-0.3, -0.25) is 4.98 Å². The van der Waals surface area contributed by atoms with E-state index < -0.39 is 0 Å². The molecule has 4 nitrogen and oxygen atoms in total. The lowest BCUT2D eigenvalue weighted by Gasteiger charge is -2.17. The monoisotopic (exact) mass is 179 g/mol. The SMILES string of the molecule is CN1CCCCc2cnc(=O)[nH]c21. The second-order valence-electron chi connectivity index (χ2n) is 3.44. The zero-order chi connectivity index (χ0) is 9.26. The number of aryl methyl sites for hydroxylation is 1. The van der Waals surface area contributed by atoms with E-state index in [1.165, 1.54) is 12.8 Å². The summed E-state index contributed by atoms with van der Waals surface area (Å²) in [6.07, 6.45) is 5.05. The number of nitrogens with zero attached hydrogens (tertiary/aromatic N) is 2. The first kappa shape index (κ1) is 8.29. The highest BCUT2D eigenvalue weighted by Crippen LogP contribution is 2.19. The molecule has 0 amide bonds. The highest BCUT2D eigenvalue weighted by molar-refractivity contribution is 5.45. The third-order valence-electron chi connectivity index (χ3n) is 2.44. The first-order valence-electron chi connectivity index (χ1n) is 4.57. The number of aromatic nitrogens is 2. The standard InChI is InChI=1S/C9H13N3O/c1-12-5-3-2-4-7-6-10-9(13)11-8(7)12/h6H,2-5H2,1H3,(H,10,11,13). The number of fused-ring (bicyclic) bond motifs is 1. The topological polar surface area (TPSA) is 49.0 Å². The highest BCUT2D eigenvalue weighted by atomic mass is 16.1. The first-order chi connectivity index (χ1) is 6.27. The van der Waals surface area contributed by atoms with Crippen molar-refractivity contribution in [3.8, 4) is 0 Å². The van der Waals surface area contributed by atoms with E-state index >= 15 is 0 Å². The van der Waals surface area contributed by atoms with E-state index in [1.807, 2.05) is 7.05 Å². The van der Waals surface area contributed by atoms with Crippen LogP contribution in [0.5, 0.6) is 0 Å². The summed E-state index contributed by atoms with van der Waals surface area (Å²) in [4.78, 5) is 19.6. The van der Waals surface area contributed by atoms with Crippen LogP contribution in [0.15, 0.2) is 11.0 Å². The Morgan fingerprint density at radius 3 is 3.23 bits per heavy atom. The fraction of sp³-hybridized carbons (Fsp3) is 0.556. The minimum Gasteiger partial charge on any atom is -0.361 e. The number of rotatable bonds is 0. The van der Waals surface area contributed by atoms with Crippen LogP contribution in [0.3, 0.4) is 0 Å². The number of hydrogen-bond donors (Lipinski definition) is 1. The predicted molar refractivity (Wildman–Crippen MR) is 51.1 cm³/mol. The van der Waals surface area contributed by atoms with E-state index in [2.05, 4.69) is 14.9 Å². The number of anilines is 1. The largest absolute Gasteiger partial charge is 0.361 e. The first-order valence-corrected chi connectivity index (χ1v) is 4.57. The maximum absolute atomic E-state index is 11.0. The molecule has 0 atom stereocenters. The molecule has 13 heavy (non-hydrogen) atoms. The van der Waals surface area contributed by atoms with E-state index in [0.717, 1.165) is 24.3 Å². The van der Waals surface area contributed by atoms with Gasteiger partial charge >= 0.3 is 5.69 Å². The van der Waals surface area contributed by atoms with Crippen molar-refractivity contribution < 1.29 is 0 Å². The molecule has 2 heterocycles. The van der Waals surface area contributed by atoms with Crippen LogP contribution in [0.4, 0.5) is 5.82 Å². The number of H-pyrrole nitrogens is 1. The van der Waals surface area contributed by atoms with Gasteiger partial charge in [-0.1, -0.05) is 0 Å². The van der Waals surface area contributed by atoms with Crippen molar-refractivity contribution in [3.05, 3.63) is 22.2 Å². The summed E-state index contributed by atoms with van der Waals surface area (Å²) >= 11 is 0. The van der Waals surface area contributed by atoms with Gasteiger partial charge in [0.15, 0.2) is 0 Å². The van der Waals surface area contributed by atoms with Crippen molar-refractivity contribution in [2.24, 2.45) is 0 Å². The molecule has 0 unspecified atom stereocenters. The molecule has 70 valence electrons. The van der Waals surface area contributed by atoms with E-state index in [1.54, 1.807) is 6.20 Å². The van der Waals surface area contributed by atoms with E-state index in [9.17, 15) is 4.79 Å². The molecule has 2 rings (SSSR count). The van der Waals surface area contributed by atoms with Crippen molar-refractivity contribution >= 4 is 5.82 Å². The average Bonchev–Trinajstić information content (AvgIpc) is 2.29. The minimum absolute atomic E-state index is 0.257. The Morgan fingerprint density at radius 1 is 1.54 bits per heavy atom. The van der Waals surface area contributed by atoms with Crippen molar-refractivity contribution in [1.29, 1.82) is 0 Å². The van der Waals surface area contributed by atoms with Crippen molar-refractivity contribution in [2.45, 2.75) is 19.3 Å². The van der Waals surface area contributed by atoms with Crippen LogP contribution in [0.25, 0.3) is 0 Å². The maximum atomic E-state index is 11.0. The van der Waals surface area contributed by atoms with Gasteiger partial charge in [-0.25, -0.2) is 9.78 Å². The van der Waals surface area contributed by atoms with Crippen molar-refractivity contribution in [3.63, 3.8) is 0 Å². The molecular formula is C9H13N3O. The van der Waals surface area contributed by atoms with Gasteiger partial charge in [-0.2, -0.15) is 0 Å². The van der Waals surface area contributed by atoms with Gasteiger partial charge in [0.2, 0.25) is 0 Å². The molecule has 0 bridgehead atoms. The minimum atomic E-state index is -0.257. The molecule has 1 aromatic rings. The lowest BCUT2D eigenvalue weighted by atomic mass is 10.2. The Bertz CT molecular complexity index is 358. The molecule has 0 radical (unpaired) electrons. The molecule has 1 aliphatic rings. The third kappa shape index (κ3) is 1.56. The lowest BCUT2D eigenvalue weighted by molar-refractivity contribution is 0.748. The Hall–Kier alpha value is -1.32. The highest BCUT2D eigenvalue weighted by Gasteiger charge is 2.12. The predicted octanol–water partition coefficient (Wildman–Crippen LogP) is 0.542. The quantitative estimate of drug-likeness (QED) is 0.632. The van der Waals surface area contributed by atoms with Gasteiger partial charge in [-0.05, 0) is 19.3 Å². The van der Waals surface area contributed by atoms with Crippen molar-refractivity contribution in [1.82, 2.24) is 9.97 Å². The zero-order valence-electron chi connectivity index (χ0n) is 7.71. The fourth-order valence-electron chi connectivity index (χ4n) is 1.71. The van der Waals surface area contributed by atoms with Crippen LogP contribution in [0.2, 0.25) is 0 Å². The smallest absolute Gasteiger partial charge is 0.346 e. The molecule has 1 N–H and O–H groups in total. The Labute approximate surface area is 76.6 Å². The van der Waals surface area contributed by atoms with E-state index in [-0.39, 0.29) is 5.69 Å². The van der Waals surface area contributed by atoms with Gasteiger partial charge in [0.1, 0.15) is 5.82 Å². The van der Waals surface area contributed by atoms with Gasteiger partial charge in [0, 0.05) is 25.4 Å². The molecule has 0 aromatic carbocycles. The number of nitrogens with one attached hydrogen (secondary N) is 1. The molecule has 0 saturated heterocycles. The van der Waals surface area contributed by atoms with Crippen LogP contribution < -0.4 is 10.6 Å². The van der Waals surface area contributed by atoms with Crippen LogP contribution in [0.1, 0.15) is 18.4 Å². The summed E-state index contributed by atoms with van der Waals surface area (Å²) in [5.41, 5.74) is 0.895. The Morgan fingerprint density at radius 2 is 2.38 bits per heavy atom. The van der Waals surface area contributed by atoms with Gasteiger partial charge < -0.3 is 4.90 Å². The van der Waals surface area contributed by atoms with Crippen LogP contribution in [0, 0.1) is 0 Å². The van der Waals surface area contributed by atoms with Gasteiger partial charge in [0.25, 0.3) is 0 Å². The molecule has 1 aromatic heterocycles. The van der Waals surface area contributed by atoms with Crippen molar-refractivity contribution in [2.75, 3.05) is 18.5 Å². The summed E-state index contributed by atoms with van der Waals surface area (Å²) < 4.78 is 0. The van der Waals surface area contributed by atoms with Crippen LogP contribution >= 0.6 is 0 Å². The molecule has 0 saturated carbocycles. The van der Waals surface area contributed by atoms with Gasteiger partial charge in [0.05, 0.1) is 0 Å². The second-order valence-corrected chi connectivity index (χ2v) is 3.44. The second kappa shape index (κ2) is 3.20. The summed E-state index contributed by atoms with van der Waals surface area (Å²) in [6.45, 7) is 1.01. The van der Waals surface area contributed by atoms with Gasteiger partial charge in [-0.15, -0.1) is 0 Å². The zero-order valence-corrected chi connectivity index (χ0v) is 7.71. The van der Waals surface area contributed by atoms with E-state index in [0.29, 0.717) is 0 Å². The average molecular weight is 179 g/mol. The third-order valence-corrected chi connectivity index (χ3v) is 2.44.